The topological polar surface area (TPSA) is 75.7 Å². The van der Waals surface area contributed by atoms with Gasteiger partial charge in [-0.05, 0) is 45.2 Å². The number of benzene rings is 1. The summed E-state index contributed by atoms with van der Waals surface area (Å²) >= 11 is 0. The molecule has 1 amide bonds. The largest absolute Gasteiger partial charge is 0.417 e. The van der Waals surface area contributed by atoms with E-state index in [4.69, 9.17) is 4.74 Å². The zero-order chi connectivity index (χ0) is 21.7. The fourth-order valence-corrected chi connectivity index (χ4v) is 4.85. The third-order valence-electron chi connectivity index (χ3n) is 4.71. The van der Waals surface area contributed by atoms with Gasteiger partial charge in [0.1, 0.15) is 0 Å². The molecular weight excluding hydrogens is 409 g/mol. The molecule has 1 aliphatic heterocycles. The van der Waals surface area contributed by atoms with E-state index in [2.05, 4.69) is 5.32 Å². The van der Waals surface area contributed by atoms with Crippen LogP contribution in [-0.2, 0) is 25.7 Å². The van der Waals surface area contributed by atoms with Gasteiger partial charge in [-0.25, -0.2) is 8.42 Å². The van der Waals surface area contributed by atoms with Crippen molar-refractivity contribution >= 4 is 15.9 Å². The number of nitrogens with zero attached hydrogens (tertiary/aromatic N) is 1. The summed E-state index contributed by atoms with van der Waals surface area (Å²) in [6.45, 7) is 4.85. The Morgan fingerprint density at radius 3 is 2.45 bits per heavy atom. The number of halogens is 3. The van der Waals surface area contributed by atoms with Crippen molar-refractivity contribution in [3.05, 3.63) is 29.8 Å². The van der Waals surface area contributed by atoms with E-state index in [-0.39, 0.29) is 43.9 Å². The zero-order valence-electron chi connectivity index (χ0n) is 16.5. The number of amides is 1. The number of alkyl halides is 3. The highest BCUT2D eigenvalue weighted by Crippen LogP contribution is 2.36. The highest BCUT2D eigenvalue weighted by Gasteiger charge is 2.40. The van der Waals surface area contributed by atoms with Crippen LogP contribution in [0.15, 0.2) is 29.2 Å². The van der Waals surface area contributed by atoms with E-state index in [0.29, 0.717) is 19.6 Å². The fraction of sp³-hybridized carbons (Fsp3) is 0.632. The molecule has 0 atom stereocenters. The monoisotopic (exact) mass is 436 g/mol. The number of sulfonamides is 1. The third-order valence-corrected chi connectivity index (χ3v) is 6.66. The molecule has 2 rings (SSSR count). The van der Waals surface area contributed by atoms with Gasteiger partial charge in [-0.2, -0.15) is 17.5 Å². The van der Waals surface area contributed by atoms with Gasteiger partial charge in [0.15, 0.2) is 0 Å². The van der Waals surface area contributed by atoms with Crippen molar-refractivity contribution in [1.82, 2.24) is 9.62 Å². The Morgan fingerprint density at radius 1 is 1.24 bits per heavy atom. The van der Waals surface area contributed by atoms with Crippen molar-refractivity contribution in [2.75, 3.05) is 26.2 Å². The first-order valence-corrected chi connectivity index (χ1v) is 11.0. The second-order valence-corrected chi connectivity index (χ2v) is 9.14. The fourth-order valence-electron chi connectivity index (χ4n) is 3.17. The van der Waals surface area contributed by atoms with Gasteiger partial charge in [0.25, 0.3) is 0 Å². The Hall–Kier alpha value is -1.65. The molecule has 0 saturated carbocycles. The van der Waals surface area contributed by atoms with Crippen LogP contribution in [0.3, 0.4) is 0 Å². The molecule has 1 aromatic carbocycles. The molecule has 1 heterocycles. The predicted molar refractivity (Wildman–Crippen MR) is 102 cm³/mol. The van der Waals surface area contributed by atoms with Crippen LogP contribution >= 0.6 is 0 Å². The van der Waals surface area contributed by atoms with Crippen molar-refractivity contribution in [3.63, 3.8) is 0 Å². The summed E-state index contributed by atoms with van der Waals surface area (Å²) in [4.78, 5) is 11.5. The van der Waals surface area contributed by atoms with Crippen molar-refractivity contribution in [3.8, 4) is 0 Å². The minimum atomic E-state index is -4.76. The molecule has 0 bridgehead atoms. The first-order chi connectivity index (χ1) is 13.5. The Balaban J connectivity index is 1.93. The maximum Gasteiger partial charge on any atom is 0.417 e. The summed E-state index contributed by atoms with van der Waals surface area (Å²) in [5, 5.41) is 2.80. The van der Waals surface area contributed by atoms with E-state index < -0.39 is 26.7 Å². The molecule has 0 aromatic heterocycles. The molecule has 0 unspecified atom stereocenters. The van der Waals surface area contributed by atoms with Crippen LogP contribution in [-0.4, -0.2) is 51.0 Å². The van der Waals surface area contributed by atoms with Gasteiger partial charge < -0.3 is 10.1 Å². The standard InChI is InChI=1S/C19H27F3N2O4S/c1-14(2)28-13-5-10-23-18(25)15-8-11-24(12-9-15)29(26,27)17-7-4-3-6-16(17)19(20,21)22/h3-4,6-7,14-15H,5,8-13H2,1-2H3,(H,23,25). The lowest BCUT2D eigenvalue weighted by Gasteiger charge is -2.31. The Labute approximate surface area is 169 Å². The van der Waals surface area contributed by atoms with Gasteiger partial charge >= 0.3 is 6.18 Å². The molecule has 1 aliphatic rings. The number of ether oxygens (including phenoxy) is 1. The minimum Gasteiger partial charge on any atom is -0.379 e. The average Bonchev–Trinajstić information content (AvgIpc) is 2.66. The smallest absolute Gasteiger partial charge is 0.379 e. The van der Waals surface area contributed by atoms with Gasteiger partial charge in [0.05, 0.1) is 16.6 Å². The highest BCUT2D eigenvalue weighted by molar-refractivity contribution is 7.89. The molecule has 6 nitrogen and oxygen atoms in total. The summed E-state index contributed by atoms with van der Waals surface area (Å²) in [6, 6.07) is 4.15. The van der Waals surface area contributed by atoms with Gasteiger partial charge in [0, 0.05) is 32.2 Å². The SMILES string of the molecule is CC(C)OCCCNC(=O)C1CCN(S(=O)(=O)c2ccccc2C(F)(F)F)CC1. The summed E-state index contributed by atoms with van der Waals surface area (Å²) in [5.74, 6) is -0.521. The van der Waals surface area contributed by atoms with Gasteiger partial charge in [0.2, 0.25) is 15.9 Å². The van der Waals surface area contributed by atoms with Crippen molar-refractivity contribution in [2.24, 2.45) is 5.92 Å². The summed E-state index contributed by atoms with van der Waals surface area (Å²) in [6.07, 6.45) is -3.44. The van der Waals surface area contributed by atoms with Crippen LogP contribution in [0.2, 0.25) is 0 Å². The molecule has 1 fully saturated rings. The zero-order valence-corrected chi connectivity index (χ0v) is 17.4. The maximum atomic E-state index is 13.2. The molecule has 29 heavy (non-hydrogen) atoms. The molecule has 0 radical (unpaired) electrons. The number of rotatable bonds is 8. The van der Waals surface area contributed by atoms with Crippen LogP contribution < -0.4 is 5.32 Å². The van der Waals surface area contributed by atoms with Crippen LogP contribution in [0.1, 0.15) is 38.7 Å². The van der Waals surface area contributed by atoms with Crippen LogP contribution in [0.4, 0.5) is 13.2 Å². The molecule has 1 saturated heterocycles. The number of carbonyl (C=O) groups is 1. The average molecular weight is 436 g/mol. The molecular formula is C19H27F3N2O4S. The maximum absolute atomic E-state index is 13.2. The number of piperidine rings is 1. The minimum absolute atomic E-state index is 0.00305. The first-order valence-electron chi connectivity index (χ1n) is 9.59. The second-order valence-electron chi connectivity index (χ2n) is 7.24. The van der Waals surface area contributed by atoms with E-state index >= 15 is 0 Å². The van der Waals surface area contributed by atoms with E-state index in [1.165, 1.54) is 6.07 Å². The molecule has 10 heteroatoms. The van der Waals surface area contributed by atoms with Crippen molar-refractivity contribution in [2.45, 2.75) is 50.3 Å². The number of hydrogen-bond donors (Lipinski definition) is 1. The highest BCUT2D eigenvalue weighted by atomic mass is 32.2. The predicted octanol–water partition coefficient (Wildman–Crippen LogP) is 3.04. The third kappa shape index (κ3) is 6.42. The molecule has 0 spiro atoms. The van der Waals surface area contributed by atoms with Gasteiger partial charge in [-0.3, -0.25) is 4.79 Å². The normalized spacial score (nSPS) is 16.9. The Morgan fingerprint density at radius 2 is 1.86 bits per heavy atom. The number of hydrogen-bond acceptors (Lipinski definition) is 4. The number of carbonyl (C=O) groups excluding carboxylic acids is 1. The molecule has 1 aromatic rings. The molecule has 1 N–H and O–H groups in total. The van der Waals surface area contributed by atoms with E-state index in [1.54, 1.807) is 0 Å². The first kappa shape index (κ1) is 23.6. The van der Waals surface area contributed by atoms with E-state index in [1.807, 2.05) is 13.8 Å². The van der Waals surface area contributed by atoms with Crippen molar-refractivity contribution < 1.29 is 31.1 Å². The molecule has 164 valence electrons. The van der Waals surface area contributed by atoms with Crippen LogP contribution in [0.5, 0.6) is 0 Å². The van der Waals surface area contributed by atoms with Gasteiger partial charge in [-0.15, -0.1) is 0 Å². The lowest BCUT2D eigenvalue weighted by molar-refractivity contribution is -0.139. The van der Waals surface area contributed by atoms with Crippen molar-refractivity contribution in [1.29, 1.82) is 0 Å². The van der Waals surface area contributed by atoms with E-state index in [9.17, 15) is 26.4 Å². The lowest BCUT2D eigenvalue weighted by atomic mass is 9.97. The quantitative estimate of drug-likeness (QED) is 0.636. The van der Waals surface area contributed by atoms with Crippen LogP contribution in [0, 0.1) is 5.92 Å². The Kier molecular flexibility index (Phi) is 8.07. The summed E-state index contributed by atoms with van der Waals surface area (Å²) < 4.78 is 71.5. The second kappa shape index (κ2) is 9.90. The Bertz CT molecular complexity index is 789. The van der Waals surface area contributed by atoms with E-state index in [0.717, 1.165) is 22.5 Å². The number of nitrogens with one attached hydrogen (secondary N) is 1. The summed E-state index contributed by atoms with van der Waals surface area (Å²) in [7, 11) is -4.29. The van der Waals surface area contributed by atoms with Crippen LogP contribution in [0.25, 0.3) is 0 Å². The summed E-state index contributed by atoms with van der Waals surface area (Å²) in [5.41, 5.74) is -1.18. The lowest BCUT2D eigenvalue weighted by Crippen LogP contribution is -2.43. The molecule has 0 aliphatic carbocycles. The van der Waals surface area contributed by atoms with Gasteiger partial charge in [-0.1, -0.05) is 12.1 Å².